The van der Waals surface area contributed by atoms with Gasteiger partial charge in [0, 0.05) is 5.56 Å². The third kappa shape index (κ3) is 4.57. The van der Waals surface area contributed by atoms with Crippen LogP contribution in [0.15, 0.2) is 47.4 Å². The molecule has 2 amide bonds. The molecule has 132 valence electrons. The second-order valence-corrected chi connectivity index (χ2v) is 7.08. The average molecular weight is 362 g/mol. The Morgan fingerprint density at radius 2 is 1.76 bits per heavy atom. The molecule has 25 heavy (non-hydrogen) atoms. The molecule has 0 atom stereocenters. The van der Waals surface area contributed by atoms with Crippen molar-refractivity contribution in [2.75, 3.05) is 7.11 Å². The standard InChI is InChI=1S/C17H18N2O5S/c1-11-3-4-12(9-15(11)24-2)10-16(20)19-25(22,23)14-7-5-13(6-8-14)17(18)21/h3-9H,10H2,1-2H3,(H2,18,21)(H,19,20). The third-order valence-electron chi connectivity index (χ3n) is 3.53. The van der Waals surface area contributed by atoms with E-state index in [1.165, 1.54) is 31.4 Å². The molecule has 0 spiro atoms. The molecule has 8 heteroatoms. The van der Waals surface area contributed by atoms with Gasteiger partial charge in [-0.2, -0.15) is 0 Å². The van der Waals surface area contributed by atoms with Gasteiger partial charge in [-0.25, -0.2) is 13.1 Å². The number of rotatable bonds is 6. The first-order valence-corrected chi connectivity index (χ1v) is 8.80. The molecule has 0 bridgehead atoms. The van der Waals surface area contributed by atoms with Gasteiger partial charge >= 0.3 is 0 Å². The van der Waals surface area contributed by atoms with Gasteiger partial charge in [-0.3, -0.25) is 9.59 Å². The van der Waals surface area contributed by atoms with E-state index in [0.29, 0.717) is 11.3 Å². The number of carbonyl (C=O) groups is 2. The quantitative estimate of drug-likeness (QED) is 0.800. The maximum Gasteiger partial charge on any atom is 0.264 e. The predicted molar refractivity (Wildman–Crippen MR) is 91.7 cm³/mol. The maximum absolute atomic E-state index is 12.2. The SMILES string of the molecule is COc1cc(CC(=O)NS(=O)(=O)c2ccc(C(N)=O)cc2)ccc1C. The molecule has 2 aromatic rings. The first kappa shape index (κ1) is 18.5. The van der Waals surface area contributed by atoms with Crippen LogP contribution >= 0.6 is 0 Å². The van der Waals surface area contributed by atoms with Crippen LogP contribution in [0.3, 0.4) is 0 Å². The van der Waals surface area contributed by atoms with E-state index in [2.05, 4.69) is 0 Å². The molecule has 2 aromatic carbocycles. The van der Waals surface area contributed by atoms with Gasteiger partial charge in [-0.15, -0.1) is 0 Å². The number of benzene rings is 2. The first-order chi connectivity index (χ1) is 11.7. The monoisotopic (exact) mass is 362 g/mol. The summed E-state index contributed by atoms with van der Waals surface area (Å²) in [5.74, 6) is -0.721. The Hall–Kier alpha value is -2.87. The van der Waals surface area contributed by atoms with Gasteiger partial charge in [0.15, 0.2) is 0 Å². The normalized spacial score (nSPS) is 11.0. The zero-order valence-electron chi connectivity index (χ0n) is 13.8. The summed E-state index contributed by atoms with van der Waals surface area (Å²) in [4.78, 5) is 22.9. The van der Waals surface area contributed by atoms with Gasteiger partial charge in [0.05, 0.1) is 18.4 Å². The molecular weight excluding hydrogens is 344 g/mol. The molecule has 0 unspecified atom stereocenters. The fraction of sp³-hybridized carbons (Fsp3) is 0.176. The van der Waals surface area contributed by atoms with Crippen LogP contribution in [0.25, 0.3) is 0 Å². The van der Waals surface area contributed by atoms with Gasteiger partial charge in [0.25, 0.3) is 10.0 Å². The molecule has 0 aliphatic heterocycles. The van der Waals surface area contributed by atoms with Crippen molar-refractivity contribution >= 4 is 21.8 Å². The zero-order valence-corrected chi connectivity index (χ0v) is 14.6. The second kappa shape index (κ2) is 7.35. The molecule has 0 heterocycles. The first-order valence-electron chi connectivity index (χ1n) is 7.32. The number of nitrogens with two attached hydrogens (primary N) is 1. The summed E-state index contributed by atoms with van der Waals surface area (Å²) in [5, 5.41) is 0. The summed E-state index contributed by atoms with van der Waals surface area (Å²) in [7, 11) is -2.51. The molecule has 3 N–H and O–H groups in total. The lowest BCUT2D eigenvalue weighted by atomic mass is 10.1. The lowest BCUT2D eigenvalue weighted by Gasteiger charge is -2.09. The zero-order chi connectivity index (χ0) is 18.6. The topological polar surface area (TPSA) is 116 Å². The van der Waals surface area contributed by atoms with E-state index >= 15 is 0 Å². The molecule has 0 aromatic heterocycles. The number of methoxy groups -OCH3 is 1. The van der Waals surface area contributed by atoms with Crippen LogP contribution in [0.2, 0.25) is 0 Å². The van der Waals surface area contributed by atoms with Gasteiger partial charge in [-0.05, 0) is 48.4 Å². The number of amides is 2. The van der Waals surface area contributed by atoms with Crippen LogP contribution in [0.4, 0.5) is 0 Å². The second-order valence-electron chi connectivity index (χ2n) is 5.40. The molecule has 0 radical (unpaired) electrons. The molecule has 2 rings (SSSR count). The van der Waals surface area contributed by atoms with Crippen LogP contribution in [0.1, 0.15) is 21.5 Å². The summed E-state index contributed by atoms with van der Waals surface area (Å²) in [5.41, 5.74) is 6.82. The van der Waals surface area contributed by atoms with Crippen molar-refractivity contribution in [3.63, 3.8) is 0 Å². The number of carbonyl (C=O) groups excluding carboxylic acids is 2. The van der Waals surface area contributed by atoms with E-state index in [1.54, 1.807) is 18.2 Å². The highest BCUT2D eigenvalue weighted by molar-refractivity contribution is 7.90. The largest absolute Gasteiger partial charge is 0.496 e. The van der Waals surface area contributed by atoms with Gasteiger partial charge in [0.1, 0.15) is 5.75 Å². The highest BCUT2D eigenvalue weighted by atomic mass is 32.2. The maximum atomic E-state index is 12.2. The van der Waals surface area contributed by atoms with E-state index in [0.717, 1.165) is 5.56 Å². The van der Waals surface area contributed by atoms with E-state index < -0.39 is 21.8 Å². The highest BCUT2D eigenvalue weighted by Crippen LogP contribution is 2.19. The van der Waals surface area contributed by atoms with Crippen molar-refractivity contribution in [3.05, 3.63) is 59.2 Å². The van der Waals surface area contributed by atoms with Crippen molar-refractivity contribution in [1.29, 1.82) is 0 Å². The predicted octanol–water partition coefficient (Wildman–Crippen LogP) is 1.15. The van der Waals surface area contributed by atoms with Crippen molar-refractivity contribution in [2.24, 2.45) is 5.73 Å². The Balaban J connectivity index is 2.12. The number of hydrogen-bond donors (Lipinski definition) is 2. The fourth-order valence-electron chi connectivity index (χ4n) is 2.20. The highest BCUT2D eigenvalue weighted by Gasteiger charge is 2.18. The third-order valence-corrected chi connectivity index (χ3v) is 4.92. The number of ether oxygens (including phenoxy) is 1. The van der Waals surface area contributed by atoms with E-state index in [1.807, 2.05) is 11.6 Å². The number of aryl methyl sites for hydroxylation is 1. The molecule has 0 aliphatic rings. The Labute approximate surface area is 145 Å². The summed E-state index contributed by atoms with van der Waals surface area (Å²) >= 11 is 0. The molecule has 0 aliphatic carbocycles. The van der Waals surface area contributed by atoms with Crippen molar-refractivity contribution < 1.29 is 22.7 Å². The molecule has 0 fully saturated rings. The van der Waals surface area contributed by atoms with Gasteiger partial charge < -0.3 is 10.5 Å². The molecule has 0 saturated heterocycles. The lowest BCUT2D eigenvalue weighted by Crippen LogP contribution is -2.31. The summed E-state index contributed by atoms with van der Waals surface area (Å²) in [6.07, 6.45) is -0.116. The number of sulfonamides is 1. The van der Waals surface area contributed by atoms with Gasteiger partial charge in [0.2, 0.25) is 11.8 Å². The average Bonchev–Trinajstić information content (AvgIpc) is 2.56. The molecular formula is C17H18N2O5S. The minimum atomic E-state index is -4.03. The van der Waals surface area contributed by atoms with Crippen LogP contribution in [-0.2, 0) is 21.2 Å². The Morgan fingerprint density at radius 1 is 1.12 bits per heavy atom. The van der Waals surface area contributed by atoms with E-state index in [-0.39, 0.29) is 16.9 Å². The van der Waals surface area contributed by atoms with Crippen LogP contribution < -0.4 is 15.2 Å². The summed E-state index contributed by atoms with van der Waals surface area (Å²) < 4.78 is 31.6. The van der Waals surface area contributed by atoms with Crippen LogP contribution in [0.5, 0.6) is 5.75 Å². The van der Waals surface area contributed by atoms with Crippen molar-refractivity contribution in [3.8, 4) is 5.75 Å². The number of nitrogens with one attached hydrogen (secondary N) is 1. The van der Waals surface area contributed by atoms with Crippen LogP contribution in [0, 0.1) is 6.92 Å². The smallest absolute Gasteiger partial charge is 0.264 e. The Bertz CT molecular complexity index is 905. The summed E-state index contributed by atoms with van der Waals surface area (Å²) in [6.45, 7) is 1.86. The molecule has 7 nitrogen and oxygen atoms in total. The Kier molecular flexibility index (Phi) is 5.43. The Morgan fingerprint density at radius 3 is 2.32 bits per heavy atom. The lowest BCUT2D eigenvalue weighted by molar-refractivity contribution is -0.118. The molecule has 0 saturated carbocycles. The minimum absolute atomic E-state index is 0.116. The van der Waals surface area contributed by atoms with Crippen molar-refractivity contribution in [1.82, 2.24) is 4.72 Å². The minimum Gasteiger partial charge on any atom is -0.496 e. The van der Waals surface area contributed by atoms with Crippen molar-refractivity contribution in [2.45, 2.75) is 18.2 Å². The fourth-order valence-corrected chi connectivity index (χ4v) is 3.19. The van der Waals surface area contributed by atoms with E-state index in [4.69, 9.17) is 10.5 Å². The number of primary amides is 1. The number of hydrogen-bond acceptors (Lipinski definition) is 5. The van der Waals surface area contributed by atoms with E-state index in [9.17, 15) is 18.0 Å². The van der Waals surface area contributed by atoms with Gasteiger partial charge in [-0.1, -0.05) is 12.1 Å². The van der Waals surface area contributed by atoms with Crippen LogP contribution in [-0.4, -0.2) is 27.3 Å². The summed E-state index contributed by atoms with van der Waals surface area (Å²) in [6, 6.07) is 10.2.